The molecule has 16 heavy (non-hydrogen) atoms. The molecule has 0 aromatic rings. The molecule has 0 bridgehead atoms. The van der Waals surface area contributed by atoms with Crippen molar-refractivity contribution < 1.29 is 4.79 Å². The van der Waals surface area contributed by atoms with Crippen LogP contribution in [0.25, 0.3) is 0 Å². The second-order valence-corrected chi connectivity index (χ2v) is 6.31. The molecule has 3 heteroatoms. The first-order chi connectivity index (χ1) is 7.60. The summed E-state index contributed by atoms with van der Waals surface area (Å²) in [5.41, 5.74) is -0.0855. The lowest BCUT2D eigenvalue weighted by molar-refractivity contribution is -0.130. The van der Waals surface area contributed by atoms with E-state index in [0.29, 0.717) is 11.4 Å². The number of amides is 1. The van der Waals surface area contributed by atoms with Gasteiger partial charge in [0, 0.05) is 16.8 Å². The highest BCUT2D eigenvalue weighted by Crippen LogP contribution is 2.38. The quantitative estimate of drug-likeness (QED) is 0.742. The Morgan fingerprint density at radius 1 is 1.19 bits per heavy atom. The molecule has 2 saturated carbocycles. The molecule has 0 spiro atoms. The summed E-state index contributed by atoms with van der Waals surface area (Å²) in [4.78, 5) is 12.2. The average molecular weight is 244 g/mol. The van der Waals surface area contributed by atoms with Gasteiger partial charge in [-0.05, 0) is 38.5 Å². The number of nitrogens with one attached hydrogen (secondary N) is 1. The highest BCUT2D eigenvalue weighted by molar-refractivity contribution is 6.20. The van der Waals surface area contributed by atoms with E-state index in [1.807, 2.05) is 0 Å². The molecule has 2 rings (SSSR count). The van der Waals surface area contributed by atoms with Crippen LogP contribution in [0.1, 0.15) is 58.3 Å². The van der Waals surface area contributed by atoms with Gasteiger partial charge in [-0.2, -0.15) is 0 Å². The molecule has 0 aliphatic heterocycles. The lowest BCUT2D eigenvalue weighted by Crippen LogP contribution is -2.44. The second-order valence-electron chi connectivity index (χ2n) is 5.69. The predicted octanol–water partition coefficient (Wildman–Crippen LogP) is 3.23. The standard InChI is InChI=1S/C13H22ClNO/c1-13(8-2-3-9-13)12(16)15-11-6-4-10(14)5-7-11/h10-11H,2-9H2,1H3,(H,15,16). The zero-order valence-corrected chi connectivity index (χ0v) is 10.9. The highest BCUT2D eigenvalue weighted by atomic mass is 35.5. The van der Waals surface area contributed by atoms with E-state index in [9.17, 15) is 4.79 Å². The van der Waals surface area contributed by atoms with Crippen molar-refractivity contribution in [2.24, 2.45) is 5.41 Å². The Hall–Kier alpha value is -0.240. The highest BCUT2D eigenvalue weighted by Gasteiger charge is 2.37. The van der Waals surface area contributed by atoms with Crippen LogP contribution in [0.2, 0.25) is 0 Å². The van der Waals surface area contributed by atoms with Crippen molar-refractivity contribution in [2.75, 3.05) is 0 Å². The maximum atomic E-state index is 12.2. The van der Waals surface area contributed by atoms with Crippen LogP contribution in [0.4, 0.5) is 0 Å². The van der Waals surface area contributed by atoms with Crippen LogP contribution in [0, 0.1) is 5.41 Å². The van der Waals surface area contributed by atoms with Crippen LogP contribution in [-0.4, -0.2) is 17.3 Å². The molecule has 0 radical (unpaired) electrons. The minimum absolute atomic E-state index is 0.0855. The molecule has 0 aromatic heterocycles. The molecule has 1 N–H and O–H groups in total. The summed E-state index contributed by atoms with van der Waals surface area (Å²) >= 11 is 6.06. The van der Waals surface area contributed by atoms with Gasteiger partial charge >= 0.3 is 0 Å². The van der Waals surface area contributed by atoms with Crippen LogP contribution in [0.5, 0.6) is 0 Å². The summed E-state index contributed by atoms with van der Waals surface area (Å²) in [5.74, 6) is 0.281. The first-order valence-corrected chi connectivity index (χ1v) is 6.99. The van der Waals surface area contributed by atoms with Gasteiger partial charge in [-0.25, -0.2) is 0 Å². The number of hydrogen-bond acceptors (Lipinski definition) is 1. The monoisotopic (exact) mass is 243 g/mol. The summed E-state index contributed by atoms with van der Waals surface area (Å²) in [7, 11) is 0. The molecular formula is C13H22ClNO. The summed E-state index contributed by atoms with van der Waals surface area (Å²) in [6.45, 7) is 2.11. The second kappa shape index (κ2) is 4.95. The molecule has 2 aliphatic rings. The first-order valence-electron chi connectivity index (χ1n) is 6.55. The van der Waals surface area contributed by atoms with Crippen molar-refractivity contribution in [1.29, 1.82) is 0 Å². The van der Waals surface area contributed by atoms with Crippen molar-refractivity contribution in [3.63, 3.8) is 0 Å². The van der Waals surface area contributed by atoms with Crippen molar-refractivity contribution in [2.45, 2.75) is 69.7 Å². The van der Waals surface area contributed by atoms with Crippen molar-refractivity contribution in [3.05, 3.63) is 0 Å². The normalized spacial score (nSPS) is 33.6. The molecule has 2 fully saturated rings. The molecular weight excluding hydrogens is 222 g/mol. The van der Waals surface area contributed by atoms with E-state index in [1.54, 1.807) is 0 Å². The Kier molecular flexibility index (Phi) is 3.78. The number of carbonyl (C=O) groups is 1. The van der Waals surface area contributed by atoms with Crippen LogP contribution >= 0.6 is 11.6 Å². The van der Waals surface area contributed by atoms with Crippen LogP contribution in [0.3, 0.4) is 0 Å². The Morgan fingerprint density at radius 3 is 2.31 bits per heavy atom. The summed E-state index contributed by atoms with van der Waals surface area (Å²) in [6.07, 6.45) is 8.72. The smallest absolute Gasteiger partial charge is 0.226 e. The van der Waals surface area contributed by atoms with Crippen LogP contribution < -0.4 is 5.32 Å². The Morgan fingerprint density at radius 2 is 1.75 bits per heavy atom. The lowest BCUT2D eigenvalue weighted by atomic mass is 9.86. The summed E-state index contributed by atoms with van der Waals surface area (Å²) < 4.78 is 0. The van der Waals surface area contributed by atoms with E-state index in [4.69, 9.17) is 11.6 Å². The van der Waals surface area contributed by atoms with E-state index in [2.05, 4.69) is 12.2 Å². The minimum Gasteiger partial charge on any atom is -0.353 e. The Bertz CT molecular complexity index is 253. The molecule has 0 aromatic carbocycles. The topological polar surface area (TPSA) is 29.1 Å². The van der Waals surface area contributed by atoms with E-state index >= 15 is 0 Å². The van der Waals surface area contributed by atoms with Gasteiger partial charge in [0.05, 0.1) is 0 Å². The fraction of sp³-hybridized carbons (Fsp3) is 0.923. The third kappa shape index (κ3) is 2.71. The number of halogens is 1. The van der Waals surface area contributed by atoms with Gasteiger partial charge < -0.3 is 5.32 Å². The molecule has 2 nitrogen and oxygen atoms in total. The molecule has 0 heterocycles. The number of hydrogen-bond donors (Lipinski definition) is 1. The largest absolute Gasteiger partial charge is 0.353 e. The van der Waals surface area contributed by atoms with Crippen LogP contribution in [-0.2, 0) is 4.79 Å². The fourth-order valence-electron chi connectivity index (χ4n) is 2.94. The Balaban J connectivity index is 1.83. The van der Waals surface area contributed by atoms with Crippen molar-refractivity contribution in [1.82, 2.24) is 5.32 Å². The number of alkyl halides is 1. The van der Waals surface area contributed by atoms with E-state index in [0.717, 1.165) is 38.5 Å². The zero-order chi connectivity index (χ0) is 11.6. The molecule has 2 aliphatic carbocycles. The summed E-state index contributed by atoms with van der Waals surface area (Å²) in [6, 6.07) is 0.375. The van der Waals surface area contributed by atoms with Crippen molar-refractivity contribution in [3.8, 4) is 0 Å². The van der Waals surface area contributed by atoms with Gasteiger partial charge in [-0.3, -0.25) is 4.79 Å². The van der Waals surface area contributed by atoms with Gasteiger partial charge in [0.1, 0.15) is 0 Å². The van der Waals surface area contributed by atoms with Gasteiger partial charge in [-0.1, -0.05) is 19.8 Å². The SMILES string of the molecule is CC1(C(=O)NC2CCC(Cl)CC2)CCCC1. The third-order valence-electron chi connectivity index (χ3n) is 4.25. The number of carbonyl (C=O) groups excluding carboxylic acids is 1. The minimum atomic E-state index is -0.0855. The molecule has 92 valence electrons. The van der Waals surface area contributed by atoms with Gasteiger partial charge in [0.2, 0.25) is 5.91 Å². The van der Waals surface area contributed by atoms with E-state index in [-0.39, 0.29) is 11.3 Å². The Labute approximate surface area is 103 Å². The van der Waals surface area contributed by atoms with Gasteiger partial charge in [-0.15, -0.1) is 11.6 Å². The molecule has 1 amide bonds. The summed E-state index contributed by atoms with van der Waals surface area (Å²) in [5, 5.41) is 3.55. The molecule has 0 atom stereocenters. The van der Waals surface area contributed by atoms with Gasteiger partial charge in [0.15, 0.2) is 0 Å². The third-order valence-corrected chi connectivity index (χ3v) is 4.68. The van der Waals surface area contributed by atoms with E-state index < -0.39 is 0 Å². The average Bonchev–Trinajstić information content (AvgIpc) is 2.70. The zero-order valence-electron chi connectivity index (χ0n) is 10.1. The maximum absolute atomic E-state index is 12.2. The fourth-order valence-corrected chi connectivity index (χ4v) is 3.19. The van der Waals surface area contributed by atoms with Crippen LogP contribution in [0.15, 0.2) is 0 Å². The van der Waals surface area contributed by atoms with E-state index in [1.165, 1.54) is 12.8 Å². The van der Waals surface area contributed by atoms with Crippen molar-refractivity contribution >= 4 is 17.5 Å². The maximum Gasteiger partial charge on any atom is 0.226 e. The number of rotatable bonds is 2. The van der Waals surface area contributed by atoms with Gasteiger partial charge in [0.25, 0.3) is 0 Å². The molecule has 0 saturated heterocycles. The lowest BCUT2D eigenvalue weighted by Gasteiger charge is -2.30. The molecule has 0 unspecified atom stereocenters. The predicted molar refractivity (Wildman–Crippen MR) is 66.6 cm³/mol. The first kappa shape index (κ1) is 12.2.